The monoisotopic (exact) mass is 337 g/mol. The Morgan fingerprint density at radius 3 is 2.52 bits per heavy atom. The third-order valence-corrected chi connectivity index (χ3v) is 5.39. The molecule has 124 valence electrons. The molecule has 0 saturated heterocycles. The number of carbonyl (C=O) groups excluding carboxylic acids is 1. The third kappa shape index (κ3) is 3.02. The van der Waals surface area contributed by atoms with Crippen LogP contribution in [0.15, 0.2) is 35.4 Å². The second kappa shape index (κ2) is 5.96. The quantitative estimate of drug-likeness (QED) is 0.877. The minimum Gasteiger partial charge on any atom is -0.508 e. The first-order valence-corrected chi connectivity index (χ1v) is 8.29. The fraction of sp³-hybridized carbons (Fsp3) is 0.267. The van der Waals surface area contributed by atoms with Gasteiger partial charge in [-0.15, -0.1) is 0 Å². The molecule has 0 aliphatic heterocycles. The second-order valence-electron chi connectivity index (χ2n) is 5.19. The molecule has 0 spiro atoms. The van der Waals surface area contributed by atoms with Crippen molar-refractivity contribution in [1.82, 2.24) is 9.88 Å². The van der Waals surface area contributed by atoms with Crippen LogP contribution in [0.25, 0.3) is 0 Å². The molecule has 0 bridgehead atoms. The lowest BCUT2D eigenvalue weighted by Gasteiger charge is -2.19. The van der Waals surface area contributed by atoms with Gasteiger partial charge in [0.2, 0.25) is 0 Å². The maximum atomic E-state index is 12.7. The Labute approximate surface area is 135 Å². The number of phenols is 1. The Morgan fingerprint density at radius 2 is 1.96 bits per heavy atom. The first-order valence-electron chi connectivity index (χ1n) is 6.85. The number of rotatable bonds is 4. The number of carbonyl (C=O) groups is 1. The van der Waals surface area contributed by atoms with E-state index in [0.29, 0.717) is 11.3 Å². The van der Waals surface area contributed by atoms with Crippen molar-refractivity contribution in [3.8, 4) is 5.75 Å². The Bertz CT molecular complexity index is 856. The van der Waals surface area contributed by atoms with E-state index in [2.05, 4.69) is 5.32 Å². The maximum absolute atomic E-state index is 12.7. The molecule has 0 radical (unpaired) electrons. The number of amides is 1. The Hall–Kier alpha value is -2.48. The average molecular weight is 337 g/mol. The summed E-state index contributed by atoms with van der Waals surface area (Å²) >= 11 is 0. The van der Waals surface area contributed by atoms with Crippen molar-refractivity contribution < 1.29 is 18.3 Å². The molecule has 1 aromatic heterocycles. The van der Waals surface area contributed by atoms with Crippen LogP contribution in [-0.4, -0.2) is 38.1 Å². The summed E-state index contributed by atoms with van der Waals surface area (Å²) < 4.78 is 28.0. The fourth-order valence-electron chi connectivity index (χ4n) is 2.16. The Morgan fingerprint density at radius 1 is 1.30 bits per heavy atom. The normalized spacial score (nSPS) is 11.3. The van der Waals surface area contributed by atoms with Crippen LogP contribution >= 0.6 is 0 Å². The molecule has 0 aliphatic carbocycles. The molecule has 0 fully saturated rings. The van der Waals surface area contributed by atoms with Gasteiger partial charge in [0.1, 0.15) is 16.3 Å². The number of sulfonamides is 1. The highest BCUT2D eigenvalue weighted by molar-refractivity contribution is 7.92. The zero-order valence-corrected chi connectivity index (χ0v) is 14.2. The summed E-state index contributed by atoms with van der Waals surface area (Å²) in [6, 6.07) is 5.87. The molecule has 2 N–H and O–H groups in total. The summed E-state index contributed by atoms with van der Waals surface area (Å²) in [6.07, 6.45) is 1.39. The Balaban J connectivity index is 2.45. The maximum Gasteiger partial charge on any atom is 0.267 e. The van der Waals surface area contributed by atoms with E-state index < -0.39 is 10.0 Å². The van der Waals surface area contributed by atoms with Crippen molar-refractivity contribution in [2.24, 2.45) is 7.05 Å². The van der Waals surface area contributed by atoms with Crippen molar-refractivity contribution in [1.29, 1.82) is 0 Å². The van der Waals surface area contributed by atoms with Crippen LogP contribution in [0.2, 0.25) is 0 Å². The van der Waals surface area contributed by atoms with E-state index >= 15 is 0 Å². The number of aryl methyl sites for hydroxylation is 2. The first-order chi connectivity index (χ1) is 10.7. The van der Waals surface area contributed by atoms with Crippen molar-refractivity contribution in [2.45, 2.75) is 11.8 Å². The summed E-state index contributed by atoms with van der Waals surface area (Å²) in [5.74, 6) is -0.266. The molecule has 0 saturated carbocycles. The van der Waals surface area contributed by atoms with Gasteiger partial charge in [-0.25, -0.2) is 8.42 Å². The molecular formula is C15H19N3O4S. The minimum atomic E-state index is -3.81. The highest BCUT2D eigenvalue weighted by Gasteiger charge is 2.25. The number of nitrogens with zero attached hydrogens (tertiary/aromatic N) is 2. The number of benzene rings is 1. The van der Waals surface area contributed by atoms with Crippen molar-refractivity contribution >= 4 is 21.6 Å². The molecule has 0 aliphatic rings. The molecule has 0 unspecified atom stereocenters. The van der Waals surface area contributed by atoms with Crippen LogP contribution < -0.4 is 9.62 Å². The fourth-order valence-corrected chi connectivity index (χ4v) is 3.42. The van der Waals surface area contributed by atoms with Crippen LogP contribution in [0.4, 0.5) is 5.69 Å². The molecule has 23 heavy (non-hydrogen) atoms. The molecule has 7 nitrogen and oxygen atoms in total. The predicted octanol–water partition coefficient (Wildman–Crippen LogP) is 1.22. The van der Waals surface area contributed by atoms with E-state index in [1.807, 2.05) is 0 Å². The lowest BCUT2D eigenvalue weighted by Crippen LogP contribution is -2.26. The van der Waals surface area contributed by atoms with Gasteiger partial charge in [-0.1, -0.05) is 0 Å². The van der Waals surface area contributed by atoms with Crippen molar-refractivity contribution in [2.75, 3.05) is 18.4 Å². The van der Waals surface area contributed by atoms with Crippen LogP contribution in [-0.2, 0) is 17.1 Å². The summed E-state index contributed by atoms with van der Waals surface area (Å²) in [5.41, 5.74) is 1.25. The summed E-state index contributed by atoms with van der Waals surface area (Å²) in [6.45, 7) is 1.69. The number of anilines is 1. The van der Waals surface area contributed by atoms with Gasteiger partial charge in [-0.05, 0) is 36.8 Å². The van der Waals surface area contributed by atoms with Gasteiger partial charge in [0, 0.05) is 27.3 Å². The highest BCUT2D eigenvalue weighted by atomic mass is 32.2. The van der Waals surface area contributed by atoms with Crippen LogP contribution in [0, 0.1) is 6.92 Å². The van der Waals surface area contributed by atoms with E-state index in [1.165, 1.54) is 43.1 Å². The van der Waals surface area contributed by atoms with Crippen molar-refractivity contribution in [3.05, 3.63) is 41.7 Å². The summed E-state index contributed by atoms with van der Waals surface area (Å²) in [4.78, 5) is 11.7. The minimum absolute atomic E-state index is 0.0202. The predicted molar refractivity (Wildman–Crippen MR) is 87.2 cm³/mol. The molecule has 8 heteroatoms. The largest absolute Gasteiger partial charge is 0.508 e. The zero-order chi connectivity index (χ0) is 17.4. The van der Waals surface area contributed by atoms with E-state index in [0.717, 1.165) is 4.31 Å². The first kappa shape index (κ1) is 16.9. The molecule has 1 aromatic carbocycles. The molecule has 1 amide bonds. The van der Waals surface area contributed by atoms with Crippen LogP contribution in [0.3, 0.4) is 0 Å². The number of hydrogen-bond donors (Lipinski definition) is 2. The smallest absolute Gasteiger partial charge is 0.267 e. The zero-order valence-electron chi connectivity index (χ0n) is 13.4. The summed E-state index contributed by atoms with van der Waals surface area (Å²) in [7, 11) is 0.697. The number of nitrogens with one attached hydrogen (secondary N) is 1. The van der Waals surface area contributed by atoms with E-state index in [1.54, 1.807) is 20.0 Å². The third-order valence-electron chi connectivity index (χ3n) is 3.64. The van der Waals surface area contributed by atoms with E-state index in [9.17, 15) is 18.3 Å². The van der Waals surface area contributed by atoms with Crippen LogP contribution in [0.1, 0.15) is 16.1 Å². The lowest BCUT2D eigenvalue weighted by molar-refractivity contribution is 0.0955. The molecule has 2 aromatic rings. The molecule has 2 rings (SSSR count). The van der Waals surface area contributed by atoms with Gasteiger partial charge in [0.15, 0.2) is 0 Å². The van der Waals surface area contributed by atoms with Gasteiger partial charge >= 0.3 is 0 Å². The number of aromatic hydroxyl groups is 1. The van der Waals surface area contributed by atoms with E-state index in [4.69, 9.17) is 0 Å². The van der Waals surface area contributed by atoms with Gasteiger partial charge in [-0.2, -0.15) is 0 Å². The Kier molecular flexibility index (Phi) is 4.37. The number of phenolic OH excluding ortho intramolecular Hbond substituents is 1. The second-order valence-corrected chi connectivity index (χ2v) is 7.16. The average Bonchev–Trinajstić information content (AvgIpc) is 2.91. The molecular weight excluding hydrogens is 318 g/mol. The van der Waals surface area contributed by atoms with E-state index in [-0.39, 0.29) is 22.2 Å². The number of aromatic nitrogens is 1. The van der Waals surface area contributed by atoms with Crippen LogP contribution in [0.5, 0.6) is 5.75 Å². The lowest BCUT2D eigenvalue weighted by atomic mass is 10.2. The van der Waals surface area contributed by atoms with Gasteiger partial charge in [0.25, 0.3) is 15.9 Å². The topological polar surface area (TPSA) is 91.6 Å². The van der Waals surface area contributed by atoms with Gasteiger partial charge < -0.3 is 15.0 Å². The summed E-state index contributed by atoms with van der Waals surface area (Å²) in [5, 5.41) is 12.0. The standard InChI is InChI=1S/C15H19N3O4S/c1-10-7-11(5-6-14(10)19)18(4)23(21,22)12-8-13(15(20)16-2)17(3)9-12/h5-9,19H,1-4H3,(H,16,20). The number of hydrogen-bond acceptors (Lipinski definition) is 4. The molecule has 0 atom stereocenters. The molecule has 1 heterocycles. The van der Waals surface area contributed by atoms with Gasteiger partial charge in [-0.3, -0.25) is 9.10 Å². The van der Waals surface area contributed by atoms with Gasteiger partial charge in [0.05, 0.1) is 5.69 Å². The SMILES string of the molecule is CNC(=O)c1cc(S(=O)(=O)N(C)c2ccc(O)c(C)c2)cn1C. The highest BCUT2D eigenvalue weighted by Crippen LogP contribution is 2.27. The van der Waals surface area contributed by atoms with Crippen molar-refractivity contribution in [3.63, 3.8) is 0 Å².